The van der Waals surface area contributed by atoms with Gasteiger partial charge in [0.2, 0.25) is 5.91 Å². The Hall–Kier alpha value is -2.62. The van der Waals surface area contributed by atoms with Crippen LogP contribution >= 0.6 is 0 Å². The van der Waals surface area contributed by atoms with Crippen molar-refractivity contribution >= 4 is 22.6 Å². The van der Waals surface area contributed by atoms with Crippen molar-refractivity contribution < 1.29 is 4.79 Å². The van der Waals surface area contributed by atoms with Crippen LogP contribution in [0, 0.1) is 6.92 Å². The molecule has 23 heavy (non-hydrogen) atoms. The average Bonchev–Trinajstić information content (AvgIpc) is 2.91. The van der Waals surface area contributed by atoms with Gasteiger partial charge in [-0.15, -0.1) is 0 Å². The molecule has 0 radical (unpaired) electrons. The minimum Gasteiger partial charge on any atom is -0.342 e. The molecule has 0 saturated carbocycles. The van der Waals surface area contributed by atoms with Crippen molar-refractivity contribution in [2.45, 2.75) is 33.1 Å². The number of carbonyl (C=O) groups excluding carboxylic acids is 1. The molecule has 1 aromatic heterocycles. The van der Waals surface area contributed by atoms with Crippen molar-refractivity contribution in [3.63, 3.8) is 0 Å². The Balaban J connectivity index is 1.75. The lowest BCUT2D eigenvalue weighted by Gasteiger charge is -2.12. The number of rotatable bonds is 4. The maximum absolute atomic E-state index is 12.3. The maximum atomic E-state index is 12.3. The zero-order valence-electron chi connectivity index (χ0n) is 13.7. The van der Waals surface area contributed by atoms with Crippen LogP contribution in [0.5, 0.6) is 0 Å². The van der Waals surface area contributed by atoms with E-state index < -0.39 is 0 Å². The number of nitrogens with zero attached hydrogens (tertiary/aromatic N) is 1. The first-order valence-corrected chi connectivity index (χ1v) is 7.87. The van der Waals surface area contributed by atoms with Gasteiger partial charge in [0, 0.05) is 5.69 Å². The van der Waals surface area contributed by atoms with E-state index in [0.717, 1.165) is 22.3 Å². The monoisotopic (exact) mass is 307 g/mol. The van der Waals surface area contributed by atoms with E-state index >= 15 is 0 Å². The van der Waals surface area contributed by atoms with Gasteiger partial charge in [0.25, 0.3) is 0 Å². The summed E-state index contributed by atoms with van der Waals surface area (Å²) < 4.78 is 0. The molecule has 118 valence electrons. The molecule has 0 saturated heterocycles. The van der Waals surface area contributed by atoms with Gasteiger partial charge >= 0.3 is 0 Å². The zero-order valence-corrected chi connectivity index (χ0v) is 13.7. The molecule has 0 fully saturated rings. The molecule has 0 aliphatic rings. The highest BCUT2D eigenvalue weighted by Crippen LogP contribution is 2.22. The summed E-state index contributed by atoms with van der Waals surface area (Å²) in [4.78, 5) is 20.0. The summed E-state index contributed by atoms with van der Waals surface area (Å²) >= 11 is 0. The van der Waals surface area contributed by atoms with Crippen LogP contribution < -0.4 is 5.32 Å². The number of fused-ring (bicyclic) bond motifs is 1. The second-order valence-corrected chi connectivity index (χ2v) is 6.15. The van der Waals surface area contributed by atoms with Gasteiger partial charge < -0.3 is 10.3 Å². The summed E-state index contributed by atoms with van der Waals surface area (Å²) in [5, 5.41) is 3.00. The Morgan fingerprint density at radius 3 is 2.74 bits per heavy atom. The molecule has 1 amide bonds. The number of amides is 1. The van der Waals surface area contributed by atoms with Gasteiger partial charge in [0.15, 0.2) is 0 Å². The third kappa shape index (κ3) is 3.42. The molecule has 0 aliphatic carbocycles. The molecular formula is C19H21N3O. The van der Waals surface area contributed by atoms with Crippen LogP contribution in [-0.2, 0) is 11.2 Å². The van der Waals surface area contributed by atoms with Crippen molar-refractivity contribution in [2.24, 2.45) is 0 Å². The van der Waals surface area contributed by atoms with Crippen LogP contribution in [0.25, 0.3) is 11.0 Å². The molecule has 3 rings (SSSR count). The molecular weight excluding hydrogens is 286 g/mol. The molecule has 0 bridgehead atoms. The lowest BCUT2D eigenvalue weighted by Crippen LogP contribution is -2.16. The average molecular weight is 307 g/mol. The van der Waals surface area contributed by atoms with E-state index in [0.29, 0.717) is 11.7 Å². The van der Waals surface area contributed by atoms with Crippen LogP contribution in [0.4, 0.5) is 5.69 Å². The van der Waals surface area contributed by atoms with Crippen molar-refractivity contribution in [3.05, 3.63) is 59.4 Å². The third-order valence-corrected chi connectivity index (χ3v) is 3.97. The van der Waals surface area contributed by atoms with Gasteiger partial charge in [-0.1, -0.05) is 38.1 Å². The van der Waals surface area contributed by atoms with Crippen LogP contribution in [0.1, 0.15) is 36.7 Å². The highest BCUT2D eigenvalue weighted by Gasteiger charge is 2.11. The molecule has 1 heterocycles. The van der Waals surface area contributed by atoms with Gasteiger partial charge in [-0.25, -0.2) is 4.98 Å². The lowest BCUT2D eigenvalue weighted by molar-refractivity contribution is -0.115. The van der Waals surface area contributed by atoms with E-state index in [1.807, 2.05) is 37.3 Å². The molecule has 4 heteroatoms. The molecule has 0 atom stereocenters. The Labute approximate surface area is 136 Å². The number of hydrogen-bond acceptors (Lipinski definition) is 2. The smallest absolute Gasteiger partial charge is 0.231 e. The second-order valence-electron chi connectivity index (χ2n) is 6.15. The van der Waals surface area contributed by atoms with Crippen LogP contribution in [0.2, 0.25) is 0 Å². The minimum atomic E-state index is -0.0620. The fourth-order valence-electron chi connectivity index (χ4n) is 2.57. The van der Waals surface area contributed by atoms with Gasteiger partial charge in [-0.2, -0.15) is 0 Å². The SMILES string of the molecule is Cc1ccc(C(C)C)cc1NC(=O)Cc1nc2ccccc2[nH]1. The van der Waals surface area contributed by atoms with Crippen molar-refractivity contribution in [1.29, 1.82) is 0 Å². The number of nitrogens with one attached hydrogen (secondary N) is 2. The topological polar surface area (TPSA) is 57.8 Å². The normalized spacial score (nSPS) is 11.1. The third-order valence-electron chi connectivity index (χ3n) is 3.97. The molecule has 2 N–H and O–H groups in total. The number of benzene rings is 2. The number of para-hydroxylation sites is 2. The van der Waals surface area contributed by atoms with Gasteiger partial charge in [-0.05, 0) is 42.2 Å². The highest BCUT2D eigenvalue weighted by molar-refractivity contribution is 5.93. The van der Waals surface area contributed by atoms with Crippen molar-refractivity contribution in [1.82, 2.24) is 9.97 Å². The predicted octanol–water partition coefficient (Wildman–Crippen LogP) is 4.18. The molecule has 2 aromatic carbocycles. The Morgan fingerprint density at radius 2 is 2.00 bits per heavy atom. The highest BCUT2D eigenvalue weighted by atomic mass is 16.1. The van der Waals surface area contributed by atoms with Gasteiger partial charge in [-0.3, -0.25) is 4.79 Å². The first-order chi connectivity index (χ1) is 11.0. The number of aryl methyl sites for hydroxylation is 1. The zero-order chi connectivity index (χ0) is 16.4. The van der Waals surface area contributed by atoms with Crippen LogP contribution in [-0.4, -0.2) is 15.9 Å². The fraction of sp³-hybridized carbons (Fsp3) is 0.263. The standard InChI is InChI=1S/C19H21N3O/c1-12(2)14-9-8-13(3)17(10-14)22-19(23)11-18-20-15-6-4-5-7-16(15)21-18/h4-10,12H,11H2,1-3H3,(H,20,21)(H,22,23). The Morgan fingerprint density at radius 1 is 1.22 bits per heavy atom. The Bertz CT molecular complexity index is 816. The largest absolute Gasteiger partial charge is 0.342 e. The first kappa shape index (κ1) is 15.3. The summed E-state index contributed by atoms with van der Waals surface area (Å²) in [6, 6.07) is 14.0. The van der Waals surface area contributed by atoms with Crippen LogP contribution in [0.15, 0.2) is 42.5 Å². The second kappa shape index (κ2) is 6.24. The number of anilines is 1. The number of imidazole rings is 1. The summed E-state index contributed by atoms with van der Waals surface area (Å²) in [6.45, 7) is 6.29. The van der Waals surface area contributed by atoms with E-state index in [9.17, 15) is 4.79 Å². The Kier molecular flexibility index (Phi) is 4.15. The summed E-state index contributed by atoms with van der Waals surface area (Å²) in [6.07, 6.45) is 0.236. The van der Waals surface area contributed by atoms with Gasteiger partial charge in [0.1, 0.15) is 5.82 Å². The van der Waals surface area contributed by atoms with E-state index in [-0.39, 0.29) is 12.3 Å². The summed E-state index contributed by atoms with van der Waals surface area (Å²) in [7, 11) is 0. The molecule has 3 aromatic rings. The number of aromatic nitrogens is 2. The quantitative estimate of drug-likeness (QED) is 0.760. The van der Waals surface area contributed by atoms with E-state index in [1.54, 1.807) is 0 Å². The maximum Gasteiger partial charge on any atom is 0.231 e. The van der Waals surface area contributed by atoms with E-state index in [4.69, 9.17) is 0 Å². The summed E-state index contributed by atoms with van der Waals surface area (Å²) in [5.41, 5.74) is 4.99. The minimum absolute atomic E-state index is 0.0620. The number of hydrogen-bond donors (Lipinski definition) is 2. The van der Waals surface area contributed by atoms with Crippen molar-refractivity contribution in [3.8, 4) is 0 Å². The summed E-state index contributed by atoms with van der Waals surface area (Å²) in [5.74, 6) is 1.05. The van der Waals surface area contributed by atoms with Crippen molar-refractivity contribution in [2.75, 3.05) is 5.32 Å². The molecule has 4 nitrogen and oxygen atoms in total. The number of H-pyrrole nitrogens is 1. The predicted molar refractivity (Wildman–Crippen MR) is 93.7 cm³/mol. The number of aromatic amines is 1. The molecule has 0 spiro atoms. The van der Waals surface area contributed by atoms with Gasteiger partial charge in [0.05, 0.1) is 17.5 Å². The molecule has 0 unspecified atom stereocenters. The fourth-order valence-corrected chi connectivity index (χ4v) is 2.57. The van der Waals surface area contributed by atoms with E-state index in [2.05, 4.69) is 41.3 Å². The first-order valence-electron chi connectivity index (χ1n) is 7.87. The van der Waals surface area contributed by atoms with E-state index in [1.165, 1.54) is 5.56 Å². The lowest BCUT2D eigenvalue weighted by atomic mass is 10.0. The number of carbonyl (C=O) groups is 1. The van der Waals surface area contributed by atoms with Crippen LogP contribution in [0.3, 0.4) is 0 Å². The molecule has 0 aliphatic heterocycles.